The smallest absolute Gasteiger partial charge is 0.320 e. The number of halogens is 1. The van der Waals surface area contributed by atoms with Gasteiger partial charge in [-0.2, -0.15) is 0 Å². The quantitative estimate of drug-likeness (QED) is 0.849. The fourth-order valence-corrected chi connectivity index (χ4v) is 1.36. The summed E-state index contributed by atoms with van der Waals surface area (Å²) in [7, 11) is 1.61. The summed E-state index contributed by atoms with van der Waals surface area (Å²) in [5, 5.41) is 10.3. The van der Waals surface area contributed by atoms with Gasteiger partial charge in [-0.1, -0.05) is 11.2 Å². The lowest BCUT2D eigenvalue weighted by Gasteiger charge is -2.03. The van der Waals surface area contributed by atoms with Crippen LogP contribution < -0.4 is 10.1 Å². The van der Waals surface area contributed by atoms with E-state index in [4.69, 9.17) is 20.8 Å². The largest absolute Gasteiger partial charge is 0.497 e. The Labute approximate surface area is 104 Å². The Bertz CT molecular complexity index is 499. The summed E-state index contributed by atoms with van der Waals surface area (Å²) in [5.74, 6) is 1.14. The van der Waals surface area contributed by atoms with E-state index in [0.717, 1.165) is 11.4 Å². The molecule has 6 heteroatoms. The number of alkyl halides is 1. The van der Waals surface area contributed by atoms with Gasteiger partial charge in [0, 0.05) is 11.8 Å². The average molecular weight is 254 g/mol. The SMILES string of the molecule is COc1cccc(Nc2nnc(C(C)Cl)o2)c1. The second kappa shape index (κ2) is 5.05. The standard InChI is InChI=1S/C11H12ClN3O2/c1-7(12)10-14-15-11(17-10)13-8-4-3-5-9(6-8)16-2/h3-7H,1-2H3,(H,13,15). The van der Waals surface area contributed by atoms with Crippen LogP contribution in [0.1, 0.15) is 18.2 Å². The maximum atomic E-state index is 5.82. The Morgan fingerprint density at radius 2 is 2.24 bits per heavy atom. The summed E-state index contributed by atoms with van der Waals surface area (Å²) >= 11 is 5.82. The van der Waals surface area contributed by atoms with Gasteiger partial charge in [0.05, 0.1) is 7.11 Å². The normalized spacial score (nSPS) is 12.2. The highest BCUT2D eigenvalue weighted by atomic mass is 35.5. The molecule has 0 aliphatic carbocycles. The maximum Gasteiger partial charge on any atom is 0.320 e. The molecule has 0 radical (unpaired) electrons. The molecule has 0 spiro atoms. The molecule has 0 saturated heterocycles. The number of ether oxygens (including phenoxy) is 1. The topological polar surface area (TPSA) is 60.2 Å². The van der Waals surface area contributed by atoms with Gasteiger partial charge in [0.25, 0.3) is 0 Å². The summed E-state index contributed by atoms with van der Waals surface area (Å²) < 4.78 is 10.4. The van der Waals surface area contributed by atoms with Gasteiger partial charge in [-0.3, -0.25) is 0 Å². The molecule has 17 heavy (non-hydrogen) atoms. The number of rotatable bonds is 4. The van der Waals surface area contributed by atoms with Crippen LogP contribution in [0.4, 0.5) is 11.7 Å². The van der Waals surface area contributed by atoms with Gasteiger partial charge in [-0.25, -0.2) is 0 Å². The predicted molar refractivity (Wildman–Crippen MR) is 64.8 cm³/mol. The van der Waals surface area contributed by atoms with E-state index in [1.807, 2.05) is 24.3 Å². The molecule has 0 aliphatic rings. The summed E-state index contributed by atoms with van der Waals surface area (Å²) in [6, 6.07) is 7.72. The number of hydrogen-bond acceptors (Lipinski definition) is 5. The Balaban J connectivity index is 2.13. The zero-order chi connectivity index (χ0) is 12.3. The Kier molecular flexibility index (Phi) is 3.49. The van der Waals surface area contributed by atoms with Crippen molar-refractivity contribution in [2.45, 2.75) is 12.3 Å². The van der Waals surface area contributed by atoms with Gasteiger partial charge in [0.2, 0.25) is 5.89 Å². The minimum atomic E-state index is -0.302. The van der Waals surface area contributed by atoms with Crippen LogP contribution in [0.25, 0.3) is 0 Å². The van der Waals surface area contributed by atoms with E-state index < -0.39 is 0 Å². The van der Waals surface area contributed by atoms with Crippen LogP contribution in [0.2, 0.25) is 0 Å². The third kappa shape index (κ3) is 2.88. The van der Waals surface area contributed by atoms with E-state index in [1.54, 1.807) is 14.0 Å². The first-order valence-electron chi connectivity index (χ1n) is 5.07. The number of anilines is 2. The Morgan fingerprint density at radius 1 is 1.41 bits per heavy atom. The molecule has 1 unspecified atom stereocenters. The Hall–Kier alpha value is -1.75. The molecular weight excluding hydrogens is 242 g/mol. The summed E-state index contributed by atoms with van der Waals surface area (Å²) in [5.41, 5.74) is 0.807. The molecule has 2 aromatic rings. The van der Waals surface area contributed by atoms with Gasteiger partial charge in [0.1, 0.15) is 11.1 Å². The van der Waals surface area contributed by atoms with Crippen LogP contribution in [0.3, 0.4) is 0 Å². The molecule has 1 aromatic carbocycles. The van der Waals surface area contributed by atoms with Crippen LogP contribution in [-0.4, -0.2) is 17.3 Å². The van der Waals surface area contributed by atoms with E-state index >= 15 is 0 Å². The van der Waals surface area contributed by atoms with Gasteiger partial charge in [-0.05, 0) is 19.1 Å². The molecule has 1 N–H and O–H groups in total. The van der Waals surface area contributed by atoms with E-state index in [0.29, 0.717) is 11.9 Å². The van der Waals surface area contributed by atoms with Crippen molar-refractivity contribution in [1.82, 2.24) is 10.2 Å². The minimum absolute atomic E-state index is 0.302. The zero-order valence-electron chi connectivity index (χ0n) is 9.48. The molecule has 0 saturated carbocycles. The van der Waals surface area contributed by atoms with Crippen LogP contribution in [0.15, 0.2) is 28.7 Å². The van der Waals surface area contributed by atoms with Crippen molar-refractivity contribution in [2.75, 3.05) is 12.4 Å². The number of aromatic nitrogens is 2. The lowest BCUT2D eigenvalue weighted by molar-refractivity contribution is 0.415. The summed E-state index contributed by atoms with van der Waals surface area (Å²) in [6.07, 6.45) is 0. The first-order valence-corrected chi connectivity index (χ1v) is 5.51. The molecular formula is C11H12ClN3O2. The lowest BCUT2D eigenvalue weighted by atomic mass is 10.3. The highest BCUT2D eigenvalue weighted by molar-refractivity contribution is 6.20. The predicted octanol–water partition coefficient (Wildman–Crippen LogP) is 3.12. The Morgan fingerprint density at radius 3 is 2.88 bits per heavy atom. The monoisotopic (exact) mass is 253 g/mol. The molecule has 1 atom stereocenters. The third-order valence-corrected chi connectivity index (χ3v) is 2.29. The molecule has 2 rings (SSSR count). The van der Waals surface area contributed by atoms with Gasteiger partial charge in [0.15, 0.2) is 0 Å². The van der Waals surface area contributed by atoms with E-state index in [1.165, 1.54) is 0 Å². The highest BCUT2D eigenvalue weighted by Gasteiger charge is 2.11. The van der Waals surface area contributed by atoms with Crippen molar-refractivity contribution in [3.63, 3.8) is 0 Å². The van der Waals surface area contributed by atoms with Gasteiger partial charge in [-0.15, -0.1) is 16.7 Å². The average Bonchev–Trinajstić information content (AvgIpc) is 2.78. The number of hydrogen-bond donors (Lipinski definition) is 1. The van der Waals surface area contributed by atoms with Crippen molar-refractivity contribution in [2.24, 2.45) is 0 Å². The first kappa shape index (κ1) is 11.7. The van der Waals surface area contributed by atoms with Gasteiger partial charge < -0.3 is 14.5 Å². The minimum Gasteiger partial charge on any atom is -0.497 e. The van der Waals surface area contributed by atoms with Crippen molar-refractivity contribution >= 4 is 23.3 Å². The third-order valence-electron chi connectivity index (χ3n) is 2.10. The molecule has 0 aliphatic heterocycles. The summed E-state index contributed by atoms with van der Waals surface area (Å²) in [4.78, 5) is 0. The molecule has 90 valence electrons. The molecule has 5 nitrogen and oxygen atoms in total. The number of nitrogens with zero attached hydrogens (tertiary/aromatic N) is 2. The van der Waals surface area contributed by atoms with Crippen molar-refractivity contribution in [3.05, 3.63) is 30.2 Å². The van der Waals surface area contributed by atoms with Crippen molar-refractivity contribution in [3.8, 4) is 5.75 Å². The van der Waals surface area contributed by atoms with Crippen LogP contribution in [-0.2, 0) is 0 Å². The molecule has 0 bridgehead atoms. The zero-order valence-corrected chi connectivity index (χ0v) is 10.2. The molecule has 0 amide bonds. The fraction of sp³-hybridized carbons (Fsp3) is 0.273. The van der Waals surface area contributed by atoms with Crippen LogP contribution in [0, 0.1) is 0 Å². The second-order valence-electron chi connectivity index (χ2n) is 3.42. The number of methoxy groups -OCH3 is 1. The van der Waals surface area contributed by atoms with E-state index in [2.05, 4.69) is 15.5 Å². The number of benzene rings is 1. The van der Waals surface area contributed by atoms with Crippen LogP contribution in [0.5, 0.6) is 5.75 Å². The molecule has 1 aromatic heterocycles. The van der Waals surface area contributed by atoms with Crippen molar-refractivity contribution in [1.29, 1.82) is 0 Å². The maximum absolute atomic E-state index is 5.82. The van der Waals surface area contributed by atoms with Crippen molar-refractivity contribution < 1.29 is 9.15 Å². The molecule has 1 heterocycles. The van der Waals surface area contributed by atoms with Gasteiger partial charge >= 0.3 is 6.01 Å². The molecule has 0 fully saturated rings. The summed E-state index contributed by atoms with van der Waals surface area (Å²) in [6.45, 7) is 1.77. The first-order chi connectivity index (χ1) is 8.19. The number of nitrogens with one attached hydrogen (secondary N) is 1. The van der Waals surface area contributed by atoms with E-state index in [9.17, 15) is 0 Å². The fourth-order valence-electron chi connectivity index (χ4n) is 1.27. The van der Waals surface area contributed by atoms with Crippen LogP contribution >= 0.6 is 11.6 Å². The van der Waals surface area contributed by atoms with E-state index in [-0.39, 0.29) is 5.38 Å². The highest BCUT2D eigenvalue weighted by Crippen LogP contribution is 2.23. The lowest BCUT2D eigenvalue weighted by Crippen LogP contribution is -1.91. The second-order valence-corrected chi connectivity index (χ2v) is 4.07.